The average molecular weight is 325 g/mol. The van der Waals surface area contributed by atoms with Gasteiger partial charge in [0, 0.05) is 16.6 Å². The Hall–Kier alpha value is -0.870. The lowest BCUT2D eigenvalue weighted by atomic mass is 10.0. The Bertz CT molecular complexity index is 428. The smallest absolute Gasteiger partial charge is 0.237 e. The summed E-state index contributed by atoms with van der Waals surface area (Å²) < 4.78 is 1.07. The van der Waals surface area contributed by atoms with Gasteiger partial charge in [0.15, 0.2) is 0 Å². The summed E-state index contributed by atoms with van der Waals surface area (Å²) in [4.78, 5) is 11.9. The largest absolute Gasteiger partial charge is 0.352 e. The number of hydrogen-bond acceptors (Lipinski definition) is 2. The molecule has 2 atom stereocenters. The second-order valence-corrected chi connectivity index (χ2v) is 6.10. The highest BCUT2D eigenvalue weighted by Crippen LogP contribution is 2.21. The lowest BCUT2D eigenvalue weighted by molar-refractivity contribution is -0.123. The first-order valence-electron chi connectivity index (χ1n) is 6.92. The zero-order valence-corrected chi connectivity index (χ0v) is 13.0. The quantitative estimate of drug-likeness (QED) is 0.843. The molecule has 0 radical (unpaired) electrons. The zero-order valence-electron chi connectivity index (χ0n) is 11.4. The number of halogens is 1. The standard InChI is InChI=1S/C15H21BrN2O/c1-3-14(11-4-6-12(16)7-5-11)17-10(2)15(19)18-13-8-9-13/h4-7,10,13-14,17H,3,8-9H2,1-2H3,(H,18,19)/t10-,14+/m0/s1. The topological polar surface area (TPSA) is 41.1 Å². The third-order valence-electron chi connectivity index (χ3n) is 3.45. The monoisotopic (exact) mass is 324 g/mol. The molecule has 0 aromatic heterocycles. The molecule has 4 heteroatoms. The van der Waals surface area contributed by atoms with Crippen molar-refractivity contribution < 1.29 is 4.79 Å². The molecule has 0 saturated heterocycles. The highest BCUT2D eigenvalue weighted by Gasteiger charge is 2.26. The van der Waals surface area contributed by atoms with Crippen LogP contribution >= 0.6 is 15.9 Å². The number of carbonyl (C=O) groups is 1. The van der Waals surface area contributed by atoms with E-state index in [0.717, 1.165) is 23.7 Å². The van der Waals surface area contributed by atoms with Crippen LogP contribution in [-0.4, -0.2) is 18.0 Å². The maximum Gasteiger partial charge on any atom is 0.237 e. The number of nitrogens with one attached hydrogen (secondary N) is 2. The number of benzene rings is 1. The predicted octanol–water partition coefficient (Wildman–Crippen LogP) is 3.16. The van der Waals surface area contributed by atoms with Gasteiger partial charge >= 0.3 is 0 Å². The molecule has 0 bridgehead atoms. The second kappa shape index (κ2) is 6.53. The van der Waals surface area contributed by atoms with E-state index < -0.39 is 0 Å². The summed E-state index contributed by atoms with van der Waals surface area (Å²) >= 11 is 3.44. The highest BCUT2D eigenvalue weighted by molar-refractivity contribution is 9.10. The Labute approximate surface area is 123 Å². The molecule has 1 aromatic rings. The molecule has 19 heavy (non-hydrogen) atoms. The molecule has 0 aliphatic heterocycles. The lowest BCUT2D eigenvalue weighted by Crippen LogP contribution is -2.44. The normalized spacial score (nSPS) is 17.8. The fourth-order valence-electron chi connectivity index (χ4n) is 2.08. The molecule has 104 valence electrons. The number of hydrogen-bond donors (Lipinski definition) is 2. The van der Waals surface area contributed by atoms with Gasteiger partial charge in [-0.3, -0.25) is 10.1 Å². The fraction of sp³-hybridized carbons (Fsp3) is 0.533. The Morgan fingerprint density at radius 1 is 1.37 bits per heavy atom. The summed E-state index contributed by atoms with van der Waals surface area (Å²) in [5.74, 6) is 0.109. The van der Waals surface area contributed by atoms with Gasteiger partial charge in [0.1, 0.15) is 0 Å². The Morgan fingerprint density at radius 2 is 2.00 bits per heavy atom. The van der Waals surface area contributed by atoms with E-state index in [-0.39, 0.29) is 18.0 Å². The van der Waals surface area contributed by atoms with Gasteiger partial charge in [-0.05, 0) is 43.9 Å². The predicted molar refractivity (Wildman–Crippen MR) is 80.9 cm³/mol. The van der Waals surface area contributed by atoms with Crippen LogP contribution in [-0.2, 0) is 4.79 Å². The molecule has 1 saturated carbocycles. The van der Waals surface area contributed by atoms with Crippen molar-refractivity contribution in [3.8, 4) is 0 Å². The molecular weight excluding hydrogens is 304 g/mol. The van der Waals surface area contributed by atoms with Crippen LogP contribution in [0.25, 0.3) is 0 Å². The van der Waals surface area contributed by atoms with Crippen molar-refractivity contribution in [1.82, 2.24) is 10.6 Å². The van der Waals surface area contributed by atoms with E-state index >= 15 is 0 Å². The van der Waals surface area contributed by atoms with Crippen LogP contribution in [0.1, 0.15) is 44.7 Å². The molecule has 1 aliphatic carbocycles. The summed E-state index contributed by atoms with van der Waals surface area (Å²) in [6.45, 7) is 4.06. The van der Waals surface area contributed by atoms with Gasteiger partial charge < -0.3 is 5.32 Å². The number of rotatable bonds is 6. The maximum absolute atomic E-state index is 11.9. The first-order valence-corrected chi connectivity index (χ1v) is 7.71. The first kappa shape index (κ1) is 14.5. The Balaban J connectivity index is 1.93. The summed E-state index contributed by atoms with van der Waals surface area (Å²) in [5, 5.41) is 6.44. The summed E-state index contributed by atoms with van der Waals surface area (Å²) in [7, 11) is 0. The molecule has 1 fully saturated rings. The van der Waals surface area contributed by atoms with E-state index in [0.29, 0.717) is 6.04 Å². The van der Waals surface area contributed by atoms with Gasteiger partial charge in [0.2, 0.25) is 5.91 Å². The van der Waals surface area contributed by atoms with E-state index in [9.17, 15) is 4.79 Å². The Kier molecular flexibility index (Phi) is 4.99. The van der Waals surface area contributed by atoms with Crippen molar-refractivity contribution in [2.75, 3.05) is 0 Å². The van der Waals surface area contributed by atoms with Crippen molar-refractivity contribution in [2.24, 2.45) is 0 Å². The van der Waals surface area contributed by atoms with Crippen molar-refractivity contribution >= 4 is 21.8 Å². The highest BCUT2D eigenvalue weighted by atomic mass is 79.9. The minimum atomic E-state index is -0.158. The van der Waals surface area contributed by atoms with Crippen LogP contribution in [0.4, 0.5) is 0 Å². The van der Waals surface area contributed by atoms with Crippen LogP contribution in [0.3, 0.4) is 0 Å². The van der Waals surface area contributed by atoms with Gasteiger partial charge in [0.25, 0.3) is 0 Å². The summed E-state index contributed by atoms with van der Waals surface area (Å²) in [6, 6.07) is 8.74. The average Bonchev–Trinajstić information content (AvgIpc) is 3.20. The molecule has 1 amide bonds. The summed E-state index contributed by atoms with van der Waals surface area (Å²) in [6.07, 6.45) is 3.22. The van der Waals surface area contributed by atoms with E-state index in [1.807, 2.05) is 19.1 Å². The minimum absolute atomic E-state index is 0.109. The van der Waals surface area contributed by atoms with Gasteiger partial charge in [-0.2, -0.15) is 0 Å². The molecule has 0 spiro atoms. The maximum atomic E-state index is 11.9. The fourth-order valence-corrected chi connectivity index (χ4v) is 2.34. The molecule has 3 nitrogen and oxygen atoms in total. The van der Waals surface area contributed by atoms with Gasteiger partial charge in [-0.1, -0.05) is 35.0 Å². The van der Waals surface area contributed by atoms with Crippen LogP contribution in [0.2, 0.25) is 0 Å². The first-order chi connectivity index (χ1) is 9.10. The van der Waals surface area contributed by atoms with Crippen LogP contribution in [0, 0.1) is 0 Å². The van der Waals surface area contributed by atoms with Crippen molar-refractivity contribution in [3.05, 3.63) is 34.3 Å². The molecule has 2 rings (SSSR count). The van der Waals surface area contributed by atoms with Gasteiger partial charge in [0.05, 0.1) is 6.04 Å². The third kappa shape index (κ3) is 4.32. The molecule has 0 heterocycles. The molecule has 1 aromatic carbocycles. The van der Waals surface area contributed by atoms with E-state index in [1.165, 1.54) is 5.56 Å². The SMILES string of the molecule is CC[C@@H](N[C@@H](C)C(=O)NC1CC1)c1ccc(Br)cc1. The zero-order chi connectivity index (χ0) is 13.8. The number of amides is 1. The molecule has 2 N–H and O–H groups in total. The van der Waals surface area contributed by atoms with Crippen molar-refractivity contribution in [1.29, 1.82) is 0 Å². The molecular formula is C15H21BrN2O. The van der Waals surface area contributed by atoms with E-state index in [2.05, 4.69) is 45.6 Å². The van der Waals surface area contributed by atoms with Crippen LogP contribution in [0.5, 0.6) is 0 Å². The minimum Gasteiger partial charge on any atom is -0.352 e. The molecule has 1 aliphatic rings. The van der Waals surface area contributed by atoms with Crippen molar-refractivity contribution in [2.45, 2.75) is 51.2 Å². The van der Waals surface area contributed by atoms with Crippen molar-refractivity contribution in [3.63, 3.8) is 0 Å². The third-order valence-corrected chi connectivity index (χ3v) is 3.98. The lowest BCUT2D eigenvalue weighted by Gasteiger charge is -2.22. The summed E-state index contributed by atoms with van der Waals surface area (Å²) in [5.41, 5.74) is 1.22. The second-order valence-electron chi connectivity index (χ2n) is 5.18. The number of carbonyl (C=O) groups excluding carboxylic acids is 1. The van der Waals surface area contributed by atoms with E-state index in [4.69, 9.17) is 0 Å². The molecule has 0 unspecified atom stereocenters. The van der Waals surface area contributed by atoms with Gasteiger partial charge in [-0.25, -0.2) is 0 Å². The van der Waals surface area contributed by atoms with Crippen LogP contribution < -0.4 is 10.6 Å². The Morgan fingerprint density at radius 3 is 2.53 bits per heavy atom. The van der Waals surface area contributed by atoms with Gasteiger partial charge in [-0.15, -0.1) is 0 Å². The van der Waals surface area contributed by atoms with Crippen LogP contribution in [0.15, 0.2) is 28.7 Å². The van der Waals surface area contributed by atoms with E-state index in [1.54, 1.807) is 0 Å².